The molecule has 6 nitrogen and oxygen atoms in total. The number of ether oxygens (including phenoxy) is 1. The van der Waals surface area contributed by atoms with E-state index in [0.29, 0.717) is 18.0 Å². The molecule has 0 atom stereocenters. The topological polar surface area (TPSA) is 71.9 Å². The van der Waals surface area contributed by atoms with Crippen molar-refractivity contribution in [2.45, 2.75) is 0 Å². The summed E-state index contributed by atoms with van der Waals surface area (Å²) in [5.41, 5.74) is 2.59. The fraction of sp³-hybridized carbons (Fsp3) is 0.500. The molecule has 1 aromatic heterocycles. The van der Waals surface area contributed by atoms with Gasteiger partial charge >= 0.3 is 0 Å². The first-order valence-electron chi connectivity index (χ1n) is 3.78. The molecule has 0 aliphatic carbocycles. The Morgan fingerprint density at radius 1 is 1.85 bits per heavy atom. The maximum absolute atomic E-state index is 11.3. The number of carbonyl (C=O) groups excluding carboxylic acids is 1. The Morgan fingerprint density at radius 3 is 3.08 bits per heavy atom. The van der Waals surface area contributed by atoms with Gasteiger partial charge in [0.15, 0.2) is 0 Å². The first kappa shape index (κ1) is 8.39. The second-order valence-corrected chi connectivity index (χ2v) is 3.13. The average Bonchev–Trinajstić information content (AvgIpc) is 2.32. The fourth-order valence-electron chi connectivity index (χ4n) is 0.925. The molecule has 70 valence electrons. The van der Waals surface area contributed by atoms with E-state index in [0.717, 1.165) is 0 Å². The first-order valence-corrected chi connectivity index (χ1v) is 4.19. The molecule has 1 aliphatic rings. The number of nitrogens with zero attached hydrogens (tertiary/aromatic N) is 2. The van der Waals surface area contributed by atoms with Gasteiger partial charge in [0.25, 0.3) is 0 Å². The van der Waals surface area contributed by atoms with E-state index in [1.165, 1.54) is 11.0 Å². The number of hydrogen-bond donors (Lipinski definition) is 2. The Labute approximate surface area is 78.9 Å². The van der Waals surface area contributed by atoms with E-state index in [9.17, 15) is 4.79 Å². The van der Waals surface area contributed by atoms with Crippen LogP contribution in [-0.2, 0) is 9.53 Å². The molecule has 0 unspecified atom stereocenters. The molecule has 7 heteroatoms. The number of aromatic amines is 1. The summed E-state index contributed by atoms with van der Waals surface area (Å²) in [6, 6.07) is 0. The van der Waals surface area contributed by atoms with Gasteiger partial charge in [-0.3, -0.25) is 15.3 Å². The molecule has 2 N–H and O–H groups in total. The number of nitrogens with one attached hydrogen (secondary N) is 2. The van der Waals surface area contributed by atoms with Crippen LogP contribution in [0.1, 0.15) is 0 Å². The van der Waals surface area contributed by atoms with E-state index in [1.807, 2.05) is 0 Å². The maximum atomic E-state index is 11.3. The maximum Gasteiger partial charge on any atom is 0.246 e. The Morgan fingerprint density at radius 2 is 2.62 bits per heavy atom. The summed E-state index contributed by atoms with van der Waals surface area (Å²) in [6.45, 7) is 0.966. The lowest BCUT2D eigenvalue weighted by Gasteiger charge is -2.24. The van der Waals surface area contributed by atoms with Crippen molar-refractivity contribution in [2.75, 3.05) is 18.6 Å². The van der Waals surface area contributed by atoms with Crippen molar-refractivity contribution in [1.82, 2.24) is 14.9 Å². The minimum atomic E-state index is -0.0937. The quantitative estimate of drug-likeness (QED) is 0.640. The lowest BCUT2D eigenvalue weighted by molar-refractivity contribution is -0.134. The van der Waals surface area contributed by atoms with Crippen molar-refractivity contribution in [3.63, 3.8) is 0 Å². The van der Waals surface area contributed by atoms with Crippen LogP contribution in [0.3, 0.4) is 0 Å². The Hall–Kier alpha value is -1.21. The molecule has 0 radical (unpaired) electrons. The van der Waals surface area contributed by atoms with Gasteiger partial charge in [0.2, 0.25) is 10.7 Å². The second-order valence-electron chi connectivity index (χ2n) is 2.74. The third kappa shape index (κ3) is 1.61. The number of amides is 1. The van der Waals surface area contributed by atoms with Gasteiger partial charge < -0.3 is 4.74 Å². The summed E-state index contributed by atoms with van der Waals surface area (Å²) in [4.78, 5) is 11.3. The molecule has 1 aliphatic heterocycles. The zero-order valence-corrected chi connectivity index (χ0v) is 7.50. The average molecular weight is 200 g/mol. The highest BCUT2D eigenvalue weighted by molar-refractivity contribution is 7.71. The van der Waals surface area contributed by atoms with E-state index >= 15 is 0 Å². The number of hydrogen-bond acceptors (Lipinski definition) is 4. The molecular formula is C6H8N4O2S. The van der Waals surface area contributed by atoms with Gasteiger partial charge in [0, 0.05) is 0 Å². The van der Waals surface area contributed by atoms with Gasteiger partial charge in [0.1, 0.15) is 6.33 Å². The van der Waals surface area contributed by atoms with E-state index < -0.39 is 0 Å². The standard InChI is InChI=1S/C6H8N4O2S/c11-5(4-1-12-2-4)9-10-3-7-8-6(10)13/h3-4H,1-2H2,(H,8,13)(H,9,11). The van der Waals surface area contributed by atoms with Crippen molar-refractivity contribution in [1.29, 1.82) is 0 Å². The van der Waals surface area contributed by atoms with E-state index in [2.05, 4.69) is 15.6 Å². The van der Waals surface area contributed by atoms with Gasteiger partial charge in [-0.05, 0) is 12.2 Å². The van der Waals surface area contributed by atoms with Crippen molar-refractivity contribution in [3.05, 3.63) is 11.1 Å². The second kappa shape index (κ2) is 3.27. The molecule has 0 saturated carbocycles. The third-order valence-corrected chi connectivity index (χ3v) is 2.08. The van der Waals surface area contributed by atoms with Crippen molar-refractivity contribution in [2.24, 2.45) is 5.92 Å². The number of aromatic nitrogens is 3. The molecule has 0 bridgehead atoms. The smallest absolute Gasteiger partial charge is 0.246 e. The van der Waals surface area contributed by atoms with Crippen molar-refractivity contribution < 1.29 is 9.53 Å². The van der Waals surface area contributed by atoms with E-state index in [-0.39, 0.29) is 11.8 Å². The van der Waals surface area contributed by atoms with Crippen LogP contribution in [0.25, 0.3) is 0 Å². The predicted octanol–water partition coefficient (Wildman–Crippen LogP) is -0.343. The van der Waals surface area contributed by atoms with Crippen LogP contribution in [0.2, 0.25) is 0 Å². The largest absolute Gasteiger partial charge is 0.380 e. The summed E-state index contributed by atoms with van der Waals surface area (Å²) < 4.78 is 6.63. The molecule has 2 heterocycles. The lowest BCUT2D eigenvalue weighted by atomic mass is 10.1. The normalized spacial score (nSPS) is 16.6. The highest BCUT2D eigenvalue weighted by Crippen LogP contribution is 2.09. The highest BCUT2D eigenvalue weighted by Gasteiger charge is 2.26. The first-order chi connectivity index (χ1) is 6.27. The van der Waals surface area contributed by atoms with Crippen LogP contribution in [0.15, 0.2) is 6.33 Å². The summed E-state index contributed by atoms with van der Waals surface area (Å²) in [6.07, 6.45) is 1.42. The molecular weight excluding hydrogens is 192 g/mol. The predicted molar refractivity (Wildman–Crippen MR) is 46.1 cm³/mol. The van der Waals surface area contributed by atoms with Gasteiger partial charge in [-0.25, -0.2) is 4.68 Å². The van der Waals surface area contributed by atoms with Gasteiger partial charge in [-0.1, -0.05) is 0 Å². The molecule has 0 spiro atoms. The summed E-state index contributed by atoms with van der Waals surface area (Å²) in [5.74, 6) is -0.152. The van der Waals surface area contributed by atoms with Crippen molar-refractivity contribution in [3.8, 4) is 0 Å². The van der Waals surface area contributed by atoms with Crippen molar-refractivity contribution >= 4 is 18.1 Å². The summed E-state index contributed by atoms with van der Waals surface area (Å²) in [7, 11) is 0. The Bertz CT molecular complexity index is 367. The Balaban J connectivity index is 2.01. The van der Waals surface area contributed by atoms with Gasteiger partial charge in [0.05, 0.1) is 19.1 Å². The molecule has 0 aromatic carbocycles. The number of rotatable bonds is 2. The fourth-order valence-corrected chi connectivity index (χ4v) is 1.07. The zero-order valence-electron chi connectivity index (χ0n) is 6.69. The summed E-state index contributed by atoms with van der Waals surface area (Å²) in [5, 5.41) is 6.20. The zero-order chi connectivity index (χ0) is 9.26. The van der Waals surface area contributed by atoms with Crippen LogP contribution in [0.5, 0.6) is 0 Å². The van der Waals surface area contributed by atoms with Crippen LogP contribution in [-0.4, -0.2) is 34.0 Å². The number of H-pyrrole nitrogens is 1. The van der Waals surface area contributed by atoms with Gasteiger partial charge in [-0.2, -0.15) is 5.10 Å². The van der Waals surface area contributed by atoms with Crippen LogP contribution in [0, 0.1) is 10.7 Å². The van der Waals surface area contributed by atoms with Crippen LogP contribution >= 0.6 is 12.2 Å². The van der Waals surface area contributed by atoms with E-state index in [1.54, 1.807) is 0 Å². The number of carbonyl (C=O) groups is 1. The molecule has 2 rings (SSSR count). The monoisotopic (exact) mass is 200 g/mol. The van der Waals surface area contributed by atoms with Crippen LogP contribution in [0.4, 0.5) is 0 Å². The molecule has 1 fully saturated rings. The molecule has 1 amide bonds. The van der Waals surface area contributed by atoms with Crippen LogP contribution < -0.4 is 5.43 Å². The third-order valence-electron chi connectivity index (χ3n) is 1.79. The molecule has 13 heavy (non-hydrogen) atoms. The molecule has 1 aromatic rings. The molecule has 1 saturated heterocycles. The Kier molecular flexibility index (Phi) is 2.11. The lowest BCUT2D eigenvalue weighted by Crippen LogP contribution is -2.41. The summed E-state index contributed by atoms with van der Waals surface area (Å²) >= 11 is 4.84. The van der Waals surface area contributed by atoms with Gasteiger partial charge in [-0.15, -0.1) is 0 Å². The minimum Gasteiger partial charge on any atom is -0.380 e. The minimum absolute atomic E-state index is 0.0585. The van der Waals surface area contributed by atoms with E-state index in [4.69, 9.17) is 17.0 Å². The highest BCUT2D eigenvalue weighted by atomic mass is 32.1. The SMILES string of the molecule is O=C(Nn1cn[nH]c1=S)C1COC1.